The molecule has 16 heavy (non-hydrogen) atoms. The smallest absolute Gasteiger partial charge is 0.266 e. The lowest BCUT2D eigenvalue weighted by molar-refractivity contribution is 0.891. The van der Waals surface area contributed by atoms with E-state index in [1.165, 1.54) is 4.52 Å². The molecule has 2 aromatic rings. The van der Waals surface area contributed by atoms with Crippen LogP contribution < -0.4 is 5.56 Å². The minimum Gasteiger partial charge on any atom is -0.266 e. The third-order valence-corrected chi connectivity index (χ3v) is 2.53. The standard InChI is InChI=1S/C11H8N4O/c1-6-3-7(2)15-10(8(6)4-12)9(5-13)11(16)14-15/h3H,1-2H3,(H,14,16). The first-order chi connectivity index (χ1) is 7.60. The minimum atomic E-state index is -0.465. The van der Waals surface area contributed by atoms with Gasteiger partial charge in [0.15, 0.2) is 0 Å². The van der Waals surface area contributed by atoms with E-state index < -0.39 is 5.56 Å². The van der Waals surface area contributed by atoms with Gasteiger partial charge < -0.3 is 0 Å². The van der Waals surface area contributed by atoms with E-state index in [1.807, 2.05) is 12.1 Å². The molecule has 0 aliphatic heterocycles. The van der Waals surface area contributed by atoms with Gasteiger partial charge in [-0.05, 0) is 25.5 Å². The lowest BCUT2D eigenvalue weighted by Gasteiger charge is -2.04. The van der Waals surface area contributed by atoms with Crippen LogP contribution in [-0.2, 0) is 0 Å². The fourth-order valence-electron chi connectivity index (χ4n) is 1.82. The number of nitrogens with one attached hydrogen (secondary N) is 1. The van der Waals surface area contributed by atoms with Crippen LogP contribution in [0.4, 0.5) is 0 Å². The molecule has 0 spiro atoms. The molecule has 2 rings (SSSR count). The highest BCUT2D eigenvalue weighted by atomic mass is 16.1. The summed E-state index contributed by atoms with van der Waals surface area (Å²) in [5.41, 5.74) is 1.80. The fraction of sp³-hybridized carbons (Fsp3) is 0.182. The molecule has 0 saturated carbocycles. The number of aryl methyl sites for hydroxylation is 2. The number of rotatable bonds is 0. The number of H-pyrrole nitrogens is 1. The molecule has 0 radical (unpaired) electrons. The summed E-state index contributed by atoms with van der Waals surface area (Å²) in [7, 11) is 0. The Morgan fingerprint density at radius 2 is 1.88 bits per heavy atom. The molecule has 0 aliphatic carbocycles. The monoisotopic (exact) mass is 212 g/mol. The second-order valence-corrected chi connectivity index (χ2v) is 3.57. The first-order valence-electron chi connectivity index (χ1n) is 4.65. The van der Waals surface area contributed by atoms with Crippen molar-refractivity contribution in [3.8, 4) is 12.1 Å². The summed E-state index contributed by atoms with van der Waals surface area (Å²) in [6.45, 7) is 3.59. The van der Waals surface area contributed by atoms with E-state index in [1.54, 1.807) is 19.9 Å². The molecule has 1 N–H and O–H groups in total. The summed E-state index contributed by atoms with van der Waals surface area (Å²) in [6.07, 6.45) is 0. The third kappa shape index (κ3) is 1.12. The molecule has 5 heteroatoms. The van der Waals surface area contributed by atoms with Crippen LogP contribution in [0.2, 0.25) is 0 Å². The van der Waals surface area contributed by atoms with Crippen LogP contribution in [0, 0.1) is 36.5 Å². The van der Waals surface area contributed by atoms with Gasteiger partial charge in [-0.15, -0.1) is 0 Å². The van der Waals surface area contributed by atoms with Gasteiger partial charge in [-0.1, -0.05) is 0 Å². The Kier molecular flexibility index (Phi) is 2.03. The molecular weight excluding hydrogens is 204 g/mol. The molecule has 0 amide bonds. The molecular formula is C11H8N4O. The Morgan fingerprint density at radius 3 is 2.44 bits per heavy atom. The molecule has 2 heterocycles. The number of pyridine rings is 1. The van der Waals surface area contributed by atoms with E-state index >= 15 is 0 Å². The molecule has 0 saturated heterocycles. The van der Waals surface area contributed by atoms with Crippen LogP contribution >= 0.6 is 0 Å². The van der Waals surface area contributed by atoms with Gasteiger partial charge in [0, 0.05) is 5.69 Å². The molecule has 0 atom stereocenters. The molecule has 2 aromatic heterocycles. The molecule has 5 nitrogen and oxygen atoms in total. The zero-order valence-corrected chi connectivity index (χ0v) is 8.83. The largest absolute Gasteiger partial charge is 0.283 e. The quantitative estimate of drug-likeness (QED) is 0.706. The predicted molar refractivity (Wildman–Crippen MR) is 56.9 cm³/mol. The van der Waals surface area contributed by atoms with Gasteiger partial charge in [0.05, 0.1) is 5.56 Å². The first kappa shape index (κ1) is 10.0. The topological polar surface area (TPSA) is 84.8 Å². The van der Waals surface area contributed by atoms with Crippen molar-refractivity contribution in [3.05, 3.63) is 38.8 Å². The zero-order chi connectivity index (χ0) is 11.9. The second-order valence-electron chi connectivity index (χ2n) is 3.57. The van der Waals surface area contributed by atoms with E-state index in [4.69, 9.17) is 10.5 Å². The maximum atomic E-state index is 11.5. The maximum absolute atomic E-state index is 11.5. The Balaban J connectivity index is 3.17. The molecule has 78 valence electrons. The molecule has 0 fully saturated rings. The SMILES string of the molecule is Cc1cc(C)n2[nH]c(=O)c(C#N)c2c1C#N. The van der Waals surface area contributed by atoms with Crippen molar-refractivity contribution in [1.82, 2.24) is 9.61 Å². The molecule has 0 unspecified atom stereocenters. The van der Waals surface area contributed by atoms with Gasteiger partial charge in [-0.2, -0.15) is 10.5 Å². The van der Waals surface area contributed by atoms with Gasteiger partial charge in [-0.3, -0.25) is 14.4 Å². The number of fused-ring (bicyclic) bond motifs is 1. The van der Waals surface area contributed by atoms with E-state index in [0.29, 0.717) is 11.1 Å². The van der Waals surface area contributed by atoms with Crippen molar-refractivity contribution >= 4 is 5.52 Å². The lowest BCUT2D eigenvalue weighted by atomic mass is 10.1. The van der Waals surface area contributed by atoms with Crippen molar-refractivity contribution < 1.29 is 0 Å². The average molecular weight is 212 g/mol. The van der Waals surface area contributed by atoms with Crippen molar-refractivity contribution in [3.63, 3.8) is 0 Å². The lowest BCUT2D eigenvalue weighted by Crippen LogP contribution is -2.03. The van der Waals surface area contributed by atoms with Crippen LogP contribution in [0.25, 0.3) is 5.52 Å². The Bertz CT molecular complexity index is 721. The van der Waals surface area contributed by atoms with Crippen LogP contribution in [0.1, 0.15) is 22.4 Å². The summed E-state index contributed by atoms with van der Waals surface area (Å²) in [4.78, 5) is 11.5. The zero-order valence-electron chi connectivity index (χ0n) is 8.83. The van der Waals surface area contributed by atoms with E-state index in [9.17, 15) is 4.79 Å². The number of nitrogens with zero attached hydrogens (tertiary/aromatic N) is 3. The molecule has 0 bridgehead atoms. The summed E-state index contributed by atoms with van der Waals surface area (Å²) in [5, 5.41) is 20.5. The predicted octanol–water partition coefficient (Wildman–Crippen LogP) is 0.988. The summed E-state index contributed by atoms with van der Waals surface area (Å²) < 4.78 is 1.48. The Labute approximate surface area is 91.1 Å². The van der Waals surface area contributed by atoms with Crippen LogP contribution in [0.3, 0.4) is 0 Å². The maximum Gasteiger partial charge on any atom is 0.283 e. The van der Waals surface area contributed by atoms with Gasteiger partial charge in [0.2, 0.25) is 0 Å². The number of hydrogen-bond donors (Lipinski definition) is 1. The van der Waals surface area contributed by atoms with Gasteiger partial charge in [-0.25, -0.2) is 0 Å². The molecule has 0 aromatic carbocycles. The van der Waals surface area contributed by atoms with E-state index in [2.05, 4.69) is 5.10 Å². The summed E-state index contributed by atoms with van der Waals surface area (Å²) in [5.74, 6) is 0. The number of aromatic nitrogens is 2. The number of nitriles is 2. The molecule has 0 aliphatic rings. The van der Waals surface area contributed by atoms with Crippen molar-refractivity contribution in [1.29, 1.82) is 10.5 Å². The van der Waals surface area contributed by atoms with Gasteiger partial charge in [0.25, 0.3) is 5.56 Å². The van der Waals surface area contributed by atoms with Crippen molar-refractivity contribution in [2.75, 3.05) is 0 Å². The van der Waals surface area contributed by atoms with Crippen LogP contribution in [0.15, 0.2) is 10.9 Å². The summed E-state index contributed by atoms with van der Waals surface area (Å²) in [6, 6.07) is 5.65. The van der Waals surface area contributed by atoms with Gasteiger partial charge in [0.1, 0.15) is 23.2 Å². The summed E-state index contributed by atoms with van der Waals surface area (Å²) >= 11 is 0. The fourth-order valence-corrected chi connectivity index (χ4v) is 1.82. The normalized spacial score (nSPS) is 10.0. The van der Waals surface area contributed by atoms with Crippen molar-refractivity contribution in [2.24, 2.45) is 0 Å². The minimum absolute atomic E-state index is 0.0108. The van der Waals surface area contributed by atoms with Gasteiger partial charge >= 0.3 is 0 Å². The number of aromatic amines is 1. The van der Waals surface area contributed by atoms with Crippen LogP contribution in [-0.4, -0.2) is 9.61 Å². The first-order valence-corrected chi connectivity index (χ1v) is 4.65. The van der Waals surface area contributed by atoms with Crippen molar-refractivity contribution in [2.45, 2.75) is 13.8 Å². The third-order valence-electron chi connectivity index (χ3n) is 2.53. The van der Waals surface area contributed by atoms with E-state index in [-0.39, 0.29) is 5.56 Å². The average Bonchev–Trinajstić information content (AvgIpc) is 2.56. The van der Waals surface area contributed by atoms with E-state index in [0.717, 1.165) is 11.3 Å². The Hall–Kier alpha value is -2.53. The Morgan fingerprint density at radius 1 is 1.25 bits per heavy atom. The second kappa shape index (κ2) is 3.25. The van der Waals surface area contributed by atoms with Crippen LogP contribution in [0.5, 0.6) is 0 Å². The highest BCUT2D eigenvalue weighted by Gasteiger charge is 2.15. The highest BCUT2D eigenvalue weighted by Crippen LogP contribution is 2.18. The number of hydrogen-bond acceptors (Lipinski definition) is 3. The highest BCUT2D eigenvalue weighted by molar-refractivity contribution is 5.71.